The summed E-state index contributed by atoms with van der Waals surface area (Å²) in [7, 11) is 0. The van der Waals surface area contributed by atoms with E-state index < -0.39 is 5.54 Å². The maximum Gasteiger partial charge on any atom is 0.236 e. The molecule has 3 nitrogen and oxygen atoms in total. The van der Waals surface area contributed by atoms with Crippen molar-refractivity contribution in [3.8, 4) is 6.07 Å². The topological polar surface area (TPSA) is 52.9 Å². The average molecular weight is 173 g/mol. The molecule has 0 bridgehead atoms. The Balaban J connectivity index is 2.46. The van der Waals surface area contributed by atoms with Crippen molar-refractivity contribution in [1.82, 2.24) is 5.32 Å². The normalized spacial score (nSPS) is 19.6. The van der Waals surface area contributed by atoms with Crippen LogP contribution in [-0.2, 0) is 4.79 Å². The van der Waals surface area contributed by atoms with Crippen LogP contribution in [0.4, 0.5) is 0 Å². The second-order valence-electron chi connectivity index (χ2n) is 2.73. The van der Waals surface area contributed by atoms with E-state index >= 15 is 0 Å². The van der Waals surface area contributed by atoms with E-state index in [1.807, 2.05) is 0 Å². The second-order valence-corrected chi connectivity index (χ2v) is 3.00. The third-order valence-electron chi connectivity index (χ3n) is 1.92. The van der Waals surface area contributed by atoms with E-state index in [9.17, 15) is 4.79 Å². The maximum absolute atomic E-state index is 10.8. The summed E-state index contributed by atoms with van der Waals surface area (Å²) < 4.78 is 0. The van der Waals surface area contributed by atoms with Crippen LogP contribution in [0.15, 0.2) is 0 Å². The average Bonchev–Trinajstić information content (AvgIpc) is 1.96. The minimum Gasteiger partial charge on any atom is -0.337 e. The summed E-state index contributed by atoms with van der Waals surface area (Å²) >= 11 is 5.27. The molecule has 1 aliphatic rings. The van der Waals surface area contributed by atoms with Crippen molar-refractivity contribution in [2.45, 2.75) is 24.8 Å². The number of nitrogens with zero attached hydrogens (tertiary/aromatic N) is 1. The number of halogens is 1. The van der Waals surface area contributed by atoms with E-state index in [1.54, 1.807) is 0 Å². The zero-order chi connectivity index (χ0) is 8.32. The van der Waals surface area contributed by atoms with Gasteiger partial charge in [0.2, 0.25) is 5.91 Å². The molecule has 1 saturated carbocycles. The van der Waals surface area contributed by atoms with Gasteiger partial charge < -0.3 is 5.32 Å². The Bertz CT molecular complexity index is 205. The fraction of sp³-hybridized carbons (Fsp3) is 0.714. The van der Waals surface area contributed by atoms with Crippen LogP contribution in [0.3, 0.4) is 0 Å². The molecule has 0 aromatic heterocycles. The molecule has 0 heterocycles. The summed E-state index contributed by atoms with van der Waals surface area (Å²) in [5.74, 6) is -0.323. The van der Waals surface area contributed by atoms with Gasteiger partial charge in [0.1, 0.15) is 11.4 Å². The first-order valence-electron chi connectivity index (χ1n) is 3.51. The molecule has 60 valence electrons. The lowest BCUT2D eigenvalue weighted by Gasteiger charge is -2.35. The maximum atomic E-state index is 10.8. The van der Waals surface area contributed by atoms with Gasteiger partial charge in [-0.1, -0.05) is 0 Å². The Hall–Kier alpha value is -0.750. The predicted molar refractivity (Wildman–Crippen MR) is 41.1 cm³/mol. The zero-order valence-electron chi connectivity index (χ0n) is 6.06. The number of nitriles is 1. The van der Waals surface area contributed by atoms with Crippen LogP contribution in [-0.4, -0.2) is 17.3 Å². The Morgan fingerprint density at radius 2 is 2.36 bits per heavy atom. The highest BCUT2D eigenvalue weighted by Gasteiger charge is 2.38. The molecular formula is C7H9ClN2O. The van der Waals surface area contributed by atoms with Crippen molar-refractivity contribution in [3.63, 3.8) is 0 Å². The fourth-order valence-electron chi connectivity index (χ4n) is 1.10. The van der Waals surface area contributed by atoms with E-state index in [4.69, 9.17) is 16.9 Å². The molecule has 0 aliphatic heterocycles. The molecule has 0 spiro atoms. The molecule has 1 amide bonds. The van der Waals surface area contributed by atoms with Crippen molar-refractivity contribution in [2.75, 3.05) is 5.88 Å². The van der Waals surface area contributed by atoms with E-state index in [-0.39, 0.29) is 11.8 Å². The van der Waals surface area contributed by atoms with Gasteiger partial charge in [-0.05, 0) is 19.3 Å². The van der Waals surface area contributed by atoms with Crippen molar-refractivity contribution in [3.05, 3.63) is 0 Å². The van der Waals surface area contributed by atoms with Gasteiger partial charge in [-0.2, -0.15) is 5.26 Å². The number of nitrogens with one attached hydrogen (secondary N) is 1. The quantitative estimate of drug-likeness (QED) is 0.627. The van der Waals surface area contributed by atoms with E-state index in [1.165, 1.54) is 0 Å². The van der Waals surface area contributed by atoms with Crippen LogP contribution >= 0.6 is 11.6 Å². The number of alkyl halides is 1. The second kappa shape index (κ2) is 3.10. The number of carbonyl (C=O) groups is 1. The fourth-order valence-corrected chi connectivity index (χ4v) is 1.16. The molecule has 0 aromatic carbocycles. The lowest BCUT2D eigenvalue weighted by Crippen LogP contribution is -2.52. The first-order chi connectivity index (χ1) is 5.22. The summed E-state index contributed by atoms with van der Waals surface area (Å²) in [5, 5.41) is 11.3. The molecule has 0 atom stereocenters. The Labute approximate surface area is 70.3 Å². The monoisotopic (exact) mass is 172 g/mol. The Morgan fingerprint density at radius 1 is 1.73 bits per heavy atom. The van der Waals surface area contributed by atoms with E-state index in [2.05, 4.69) is 11.4 Å². The Morgan fingerprint density at radius 3 is 2.64 bits per heavy atom. The Kier molecular flexibility index (Phi) is 2.35. The van der Waals surface area contributed by atoms with E-state index in [0.29, 0.717) is 0 Å². The van der Waals surface area contributed by atoms with Gasteiger partial charge in [0, 0.05) is 0 Å². The molecule has 0 aromatic rings. The number of hydrogen-bond donors (Lipinski definition) is 1. The molecule has 1 N–H and O–H groups in total. The molecule has 1 aliphatic carbocycles. The van der Waals surface area contributed by atoms with Gasteiger partial charge in [-0.3, -0.25) is 4.79 Å². The third-order valence-corrected chi connectivity index (χ3v) is 2.16. The summed E-state index contributed by atoms with van der Waals surface area (Å²) in [6.07, 6.45) is 2.52. The van der Waals surface area contributed by atoms with Crippen LogP contribution < -0.4 is 5.32 Å². The first-order valence-corrected chi connectivity index (χ1v) is 4.04. The van der Waals surface area contributed by atoms with Gasteiger partial charge in [0.25, 0.3) is 0 Å². The first kappa shape index (κ1) is 8.35. The van der Waals surface area contributed by atoms with Gasteiger partial charge >= 0.3 is 0 Å². The van der Waals surface area contributed by atoms with Crippen LogP contribution in [0.25, 0.3) is 0 Å². The number of carbonyl (C=O) groups excluding carboxylic acids is 1. The smallest absolute Gasteiger partial charge is 0.236 e. The number of hydrogen-bond acceptors (Lipinski definition) is 2. The molecule has 0 unspecified atom stereocenters. The number of rotatable bonds is 2. The van der Waals surface area contributed by atoms with Gasteiger partial charge in [-0.15, -0.1) is 11.6 Å². The van der Waals surface area contributed by atoms with Gasteiger partial charge in [-0.25, -0.2) is 0 Å². The SMILES string of the molecule is N#CC1(NC(=O)CCl)CCC1. The highest BCUT2D eigenvalue weighted by molar-refractivity contribution is 6.27. The molecule has 0 radical (unpaired) electrons. The molecule has 1 rings (SSSR count). The lowest BCUT2D eigenvalue weighted by atomic mass is 9.78. The van der Waals surface area contributed by atoms with Crippen LogP contribution in [0.2, 0.25) is 0 Å². The summed E-state index contributed by atoms with van der Waals surface area (Å²) in [4.78, 5) is 10.8. The predicted octanol–water partition coefficient (Wildman–Crippen LogP) is 0.788. The van der Waals surface area contributed by atoms with Crippen molar-refractivity contribution in [2.24, 2.45) is 0 Å². The zero-order valence-corrected chi connectivity index (χ0v) is 6.82. The lowest BCUT2D eigenvalue weighted by molar-refractivity contribution is -0.120. The van der Waals surface area contributed by atoms with Crippen LogP contribution in [0.1, 0.15) is 19.3 Å². The van der Waals surface area contributed by atoms with Gasteiger partial charge in [0.05, 0.1) is 6.07 Å². The summed E-state index contributed by atoms with van der Waals surface area (Å²) in [6, 6.07) is 2.09. The van der Waals surface area contributed by atoms with E-state index in [0.717, 1.165) is 19.3 Å². The molecule has 1 fully saturated rings. The largest absolute Gasteiger partial charge is 0.337 e. The summed E-state index contributed by atoms with van der Waals surface area (Å²) in [5.41, 5.74) is -0.591. The molecule has 0 saturated heterocycles. The third kappa shape index (κ3) is 1.63. The molecular weight excluding hydrogens is 164 g/mol. The summed E-state index contributed by atoms with van der Waals surface area (Å²) in [6.45, 7) is 0. The van der Waals surface area contributed by atoms with Crippen molar-refractivity contribution < 1.29 is 4.79 Å². The molecule has 4 heteroatoms. The van der Waals surface area contributed by atoms with Crippen LogP contribution in [0.5, 0.6) is 0 Å². The highest BCUT2D eigenvalue weighted by Crippen LogP contribution is 2.30. The number of amides is 1. The minimum atomic E-state index is -0.591. The van der Waals surface area contributed by atoms with Crippen LogP contribution in [0, 0.1) is 11.3 Å². The molecule has 11 heavy (non-hydrogen) atoms. The standard InChI is InChI=1S/C7H9ClN2O/c8-4-6(11)10-7(5-9)2-1-3-7/h1-4H2,(H,10,11). The minimum absolute atomic E-state index is 0.0660. The van der Waals surface area contributed by atoms with Crippen molar-refractivity contribution in [1.29, 1.82) is 5.26 Å². The highest BCUT2D eigenvalue weighted by atomic mass is 35.5. The van der Waals surface area contributed by atoms with Gasteiger partial charge in [0.15, 0.2) is 0 Å². The van der Waals surface area contributed by atoms with Crippen molar-refractivity contribution >= 4 is 17.5 Å².